The molecule has 0 amide bonds. The minimum atomic E-state index is 0.0203. The molecule has 2 aliphatic rings. The van der Waals surface area contributed by atoms with Crippen molar-refractivity contribution in [2.75, 3.05) is 6.61 Å². The molecule has 1 aromatic carbocycles. The standard InChI is InChI=1S/C18H26O3/c1-14-5-6-17(15(11-14)12-19)20-13-16-7-10-18(21-16)8-3-2-4-9-18/h5-6,11,16,19H,2-4,7-10,12-13H2,1H3. The highest BCUT2D eigenvalue weighted by atomic mass is 16.6. The predicted octanol–water partition coefficient (Wildman–Crippen LogP) is 3.75. The van der Waals surface area contributed by atoms with Crippen molar-refractivity contribution in [2.24, 2.45) is 0 Å². The summed E-state index contributed by atoms with van der Waals surface area (Å²) in [5.74, 6) is 0.788. The molecule has 3 rings (SSSR count). The zero-order valence-electron chi connectivity index (χ0n) is 12.9. The first-order valence-corrected chi connectivity index (χ1v) is 8.22. The molecule has 1 N–H and O–H groups in total. The summed E-state index contributed by atoms with van der Waals surface area (Å²) < 4.78 is 12.2. The summed E-state index contributed by atoms with van der Waals surface area (Å²) in [4.78, 5) is 0. The van der Waals surface area contributed by atoms with Crippen LogP contribution >= 0.6 is 0 Å². The number of benzene rings is 1. The van der Waals surface area contributed by atoms with Crippen LogP contribution in [0.1, 0.15) is 56.1 Å². The lowest BCUT2D eigenvalue weighted by molar-refractivity contribution is -0.0749. The Kier molecular flexibility index (Phi) is 4.51. The smallest absolute Gasteiger partial charge is 0.124 e. The van der Waals surface area contributed by atoms with Crippen LogP contribution in [0.4, 0.5) is 0 Å². The van der Waals surface area contributed by atoms with Gasteiger partial charge in [0.05, 0.1) is 18.3 Å². The lowest BCUT2D eigenvalue weighted by atomic mass is 9.83. The van der Waals surface area contributed by atoms with Gasteiger partial charge in [0.1, 0.15) is 12.4 Å². The van der Waals surface area contributed by atoms with Crippen molar-refractivity contribution in [3.8, 4) is 5.75 Å². The molecule has 0 aromatic heterocycles. The van der Waals surface area contributed by atoms with Crippen LogP contribution in [0.3, 0.4) is 0 Å². The van der Waals surface area contributed by atoms with Gasteiger partial charge in [0.25, 0.3) is 0 Å². The molecule has 1 heterocycles. The maximum atomic E-state index is 9.42. The van der Waals surface area contributed by atoms with Crippen molar-refractivity contribution in [3.05, 3.63) is 29.3 Å². The van der Waals surface area contributed by atoms with Gasteiger partial charge < -0.3 is 14.6 Å². The van der Waals surface area contributed by atoms with Crippen LogP contribution in [0.5, 0.6) is 5.75 Å². The Hall–Kier alpha value is -1.06. The molecule has 1 atom stereocenters. The van der Waals surface area contributed by atoms with E-state index in [0.717, 1.165) is 23.3 Å². The highest BCUT2D eigenvalue weighted by molar-refractivity contribution is 5.36. The number of hydrogen-bond donors (Lipinski definition) is 1. The molecule has 3 nitrogen and oxygen atoms in total. The lowest BCUT2D eigenvalue weighted by Gasteiger charge is -2.33. The van der Waals surface area contributed by atoms with E-state index in [1.54, 1.807) is 0 Å². The molecule has 1 aliphatic heterocycles. The SMILES string of the molecule is Cc1ccc(OCC2CCC3(CCCCC3)O2)c(CO)c1. The summed E-state index contributed by atoms with van der Waals surface area (Å²) in [6.45, 7) is 2.64. The summed E-state index contributed by atoms with van der Waals surface area (Å²) in [6.07, 6.45) is 8.89. The van der Waals surface area contributed by atoms with Gasteiger partial charge in [-0.1, -0.05) is 37.0 Å². The molecular weight excluding hydrogens is 264 g/mol. The second-order valence-electron chi connectivity index (χ2n) is 6.60. The Labute approximate surface area is 127 Å². The Morgan fingerprint density at radius 3 is 2.81 bits per heavy atom. The number of rotatable bonds is 4. The van der Waals surface area contributed by atoms with E-state index in [2.05, 4.69) is 0 Å². The fourth-order valence-electron chi connectivity index (χ4n) is 3.73. The monoisotopic (exact) mass is 290 g/mol. The topological polar surface area (TPSA) is 38.7 Å². The van der Waals surface area contributed by atoms with E-state index < -0.39 is 0 Å². The summed E-state index contributed by atoms with van der Waals surface area (Å²) in [6, 6.07) is 5.95. The van der Waals surface area contributed by atoms with Crippen LogP contribution in [0.25, 0.3) is 0 Å². The Balaban J connectivity index is 1.56. The molecule has 116 valence electrons. The van der Waals surface area contributed by atoms with Gasteiger partial charge >= 0.3 is 0 Å². The van der Waals surface area contributed by atoms with Crippen molar-refractivity contribution in [2.45, 2.75) is 70.2 Å². The first-order chi connectivity index (χ1) is 10.2. The molecule has 21 heavy (non-hydrogen) atoms. The van der Waals surface area contributed by atoms with Gasteiger partial charge in [0.15, 0.2) is 0 Å². The van der Waals surface area contributed by atoms with Crippen molar-refractivity contribution in [3.63, 3.8) is 0 Å². The minimum absolute atomic E-state index is 0.0203. The third-order valence-electron chi connectivity index (χ3n) is 4.91. The molecule has 1 saturated heterocycles. The van der Waals surface area contributed by atoms with Crippen molar-refractivity contribution in [1.29, 1.82) is 0 Å². The summed E-state index contributed by atoms with van der Waals surface area (Å²) in [5.41, 5.74) is 2.16. The van der Waals surface area contributed by atoms with Crippen LogP contribution in [0.2, 0.25) is 0 Å². The Morgan fingerprint density at radius 2 is 2.05 bits per heavy atom. The van der Waals surface area contributed by atoms with Gasteiger partial charge in [-0.15, -0.1) is 0 Å². The van der Waals surface area contributed by atoms with E-state index >= 15 is 0 Å². The molecular formula is C18H26O3. The number of hydrogen-bond acceptors (Lipinski definition) is 3. The molecule has 1 aromatic rings. The Morgan fingerprint density at radius 1 is 1.24 bits per heavy atom. The first kappa shape index (κ1) is 14.9. The molecule has 2 fully saturated rings. The van der Waals surface area contributed by atoms with Crippen LogP contribution in [0, 0.1) is 6.92 Å². The average Bonchev–Trinajstić information content (AvgIpc) is 2.89. The molecule has 1 spiro atoms. The zero-order chi connectivity index (χ0) is 14.7. The van der Waals surface area contributed by atoms with Gasteiger partial charge in [-0.2, -0.15) is 0 Å². The van der Waals surface area contributed by atoms with Crippen LogP contribution in [-0.2, 0) is 11.3 Å². The number of aliphatic hydroxyl groups excluding tert-OH is 1. The van der Waals surface area contributed by atoms with E-state index in [4.69, 9.17) is 9.47 Å². The van der Waals surface area contributed by atoms with Gasteiger partial charge in [0, 0.05) is 5.56 Å². The predicted molar refractivity (Wildman–Crippen MR) is 82.5 cm³/mol. The normalized spacial score (nSPS) is 24.4. The third-order valence-corrected chi connectivity index (χ3v) is 4.91. The van der Waals surface area contributed by atoms with Crippen LogP contribution in [0.15, 0.2) is 18.2 Å². The minimum Gasteiger partial charge on any atom is -0.491 e. The van der Waals surface area contributed by atoms with Gasteiger partial charge in [-0.25, -0.2) is 0 Å². The fraction of sp³-hybridized carbons (Fsp3) is 0.667. The molecule has 1 saturated carbocycles. The van der Waals surface area contributed by atoms with Crippen molar-refractivity contribution < 1.29 is 14.6 Å². The van der Waals surface area contributed by atoms with Gasteiger partial charge in [0.2, 0.25) is 0 Å². The molecule has 1 unspecified atom stereocenters. The van der Waals surface area contributed by atoms with Crippen LogP contribution < -0.4 is 4.74 Å². The molecule has 3 heteroatoms. The molecule has 0 bridgehead atoms. The number of ether oxygens (including phenoxy) is 2. The molecule has 0 radical (unpaired) electrons. The first-order valence-electron chi connectivity index (χ1n) is 8.22. The van der Waals surface area contributed by atoms with Gasteiger partial charge in [-0.05, 0) is 38.7 Å². The Bertz CT molecular complexity index is 477. The summed E-state index contributed by atoms with van der Waals surface area (Å²) in [5, 5.41) is 9.42. The van der Waals surface area contributed by atoms with E-state index in [0.29, 0.717) is 6.61 Å². The van der Waals surface area contributed by atoms with E-state index in [1.807, 2.05) is 25.1 Å². The maximum Gasteiger partial charge on any atom is 0.124 e. The highest BCUT2D eigenvalue weighted by Crippen LogP contribution is 2.42. The van der Waals surface area contributed by atoms with E-state index in [1.165, 1.54) is 38.5 Å². The lowest BCUT2D eigenvalue weighted by Crippen LogP contribution is -2.32. The maximum absolute atomic E-state index is 9.42. The number of aliphatic hydroxyl groups is 1. The third kappa shape index (κ3) is 3.41. The quantitative estimate of drug-likeness (QED) is 0.918. The van der Waals surface area contributed by atoms with E-state index in [9.17, 15) is 5.11 Å². The van der Waals surface area contributed by atoms with E-state index in [-0.39, 0.29) is 18.3 Å². The zero-order valence-corrected chi connectivity index (χ0v) is 12.9. The second-order valence-corrected chi connectivity index (χ2v) is 6.60. The molecule has 1 aliphatic carbocycles. The summed E-state index contributed by atoms with van der Waals surface area (Å²) >= 11 is 0. The largest absolute Gasteiger partial charge is 0.491 e. The second kappa shape index (κ2) is 6.37. The van der Waals surface area contributed by atoms with Crippen LogP contribution in [-0.4, -0.2) is 23.4 Å². The van der Waals surface area contributed by atoms with Gasteiger partial charge in [-0.3, -0.25) is 0 Å². The average molecular weight is 290 g/mol. The summed E-state index contributed by atoms with van der Waals surface area (Å²) in [7, 11) is 0. The number of aryl methyl sites for hydroxylation is 1. The van der Waals surface area contributed by atoms with Crippen molar-refractivity contribution >= 4 is 0 Å². The highest BCUT2D eigenvalue weighted by Gasteiger charge is 2.40. The fourth-order valence-corrected chi connectivity index (χ4v) is 3.73. The van der Waals surface area contributed by atoms with Crippen molar-refractivity contribution in [1.82, 2.24) is 0 Å².